The van der Waals surface area contributed by atoms with Gasteiger partial charge in [0.25, 0.3) is 0 Å². The van der Waals surface area contributed by atoms with Gasteiger partial charge in [0.1, 0.15) is 11.5 Å². The quantitative estimate of drug-likeness (QED) is 0.302. The van der Waals surface area contributed by atoms with Crippen LogP contribution in [0.4, 0.5) is 10.5 Å². The lowest BCUT2D eigenvalue weighted by Crippen LogP contribution is -2.33. The maximum Gasteiger partial charge on any atom is 0.415 e. The summed E-state index contributed by atoms with van der Waals surface area (Å²) in [6.07, 6.45) is 1.22. The molecule has 3 unspecified atom stereocenters. The highest BCUT2D eigenvalue weighted by Gasteiger charge is 2.64. The van der Waals surface area contributed by atoms with Crippen molar-refractivity contribution < 1.29 is 33.8 Å². The van der Waals surface area contributed by atoms with Crippen LogP contribution in [-0.2, 0) is 14.3 Å². The number of anilines is 1. The smallest absolute Gasteiger partial charge is 0.415 e. The third-order valence-corrected chi connectivity index (χ3v) is 5.80. The van der Waals surface area contributed by atoms with Gasteiger partial charge in [0.2, 0.25) is 11.7 Å². The molecule has 32 heavy (non-hydrogen) atoms. The number of ether oxygens (including phenoxy) is 2. The third kappa shape index (κ3) is 3.83. The first-order valence-corrected chi connectivity index (χ1v) is 10.2. The van der Waals surface area contributed by atoms with Crippen molar-refractivity contribution in [3.8, 4) is 5.75 Å². The number of hydrogen-bond donors (Lipinski definition) is 2. The first-order valence-electron chi connectivity index (χ1n) is 10.2. The molecule has 3 atom stereocenters. The molecule has 2 aliphatic heterocycles. The number of ketones is 2. The zero-order valence-corrected chi connectivity index (χ0v) is 17.7. The van der Waals surface area contributed by atoms with E-state index >= 15 is 0 Å². The van der Waals surface area contributed by atoms with Gasteiger partial charge in [-0.3, -0.25) is 24.7 Å². The minimum atomic E-state index is -1.06. The first-order chi connectivity index (χ1) is 15.1. The van der Waals surface area contributed by atoms with Crippen molar-refractivity contribution >= 4 is 35.0 Å². The molecule has 3 aliphatic rings. The lowest BCUT2D eigenvalue weighted by atomic mass is 9.89. The summed E-state index contributed by atoms with van der Waals surface area (Å²) in [6, 6.07) is 4.43. The number of rotatable bonds is 5. The van der Waals surface area contributed by atoms with Crippen LogP contribution >= 0.6 is 0 Å². The number of nitrogens with one attached hydrogen (secondary N) is 2. The number of Topliss-reactive ketones (excluding diaryl/α,β-unsaturated/α-hetero) is 2. The minimum Gasteiger partial charge on any atom is -0.597 e. The van der Waals surface area contributed by atoms with E-state index in [1.54, 1.807) is 12.1 Å². The molecular weight excluding hydrogens is 418 g/mol. The number of allylic oxidation sites excluding steroid dienone is 2. The molecule has 1 aliphatic carbocycles. The van der Waals surface area contributed by atoms with Gasteiger partial charge in [-0.2, -0.15) is 0 Å². The van der Waals surface area contributed by atoms with Crippen LogP contribution in [0.5, 0.6) is 5.75 Å². The molecule has 1 saturated heterocycles. The maximum atomic E-state index is 13.0. The lowest BCUT2D eigenvalue weighted by Gasteiger charge is -2.16. The molecule has 4 rings (SSSR count). The molecule has 2 heterocycles. The number of carbonyl (C=O) groups excluding carboxylic acids is 4. The van der Waals surface area contributed by atoms with Crippen LogP contribution in [0.1, 0.15) is 37.0 Å². The second-order valence-electron chi connectivity index (χ2n) is 8.32. The van der Waals surface area contributed by atoms with Gasteiger partial charge in [0, 0.05) is 26.3 Å². The summed E-state index contributed by atoms with van der Waals surface area (Å²) in [6.45, 7) is 3.21. The molecule has 0 radical (unpaired) electrons. The fraction of sp³-hybridized carbons (Fsp3) is 0.409. The number of hydrogen-bond acceptors (Lipinski definition) is 7. The summed E-state index contributed by atoms with van der Waals surface area (Å²) in [5, 5.41) is 18.0. The molecule has 4 N–H and O–H groups in total. The Kier molecular flexibility index (Phi) is 5.23. The fourth-order valence-corrected chi connectivity index (χ4v) is 4.13. The Morgan fingerprint density at radius 3 is 2.75 bits per heavy atom. The molecule has 1 aromatic carbocycles. The largest absolute Gasteiger partial charge is 0.597 e. The van der Waals surface area contributed by atoms with Gasteiger partial charge < -0.3 is 19.9 Å². The van der Waals surface area contributed by atoms with Gasteiger partial charge in [-0.15, -0.1) is 0 Å². The van der Waals surface area contributed by atoms with Crippen LogP contribution in [0.2, 0.25) is 0 Å². The van der Waals surface area contributed by atoms with Crippen LogP contribution in [0.3, 0.4) is 0 Å². The summed E-state index contributed by atoms with van der Waals surface area (Å²) in [5.74, 6) is -2.05. The molecule has 10 heteroatoms. The Labute approximate surface area is 183 Å². The van der Waals surface area contributed by atoms with Gasteiger partial charge in [-0.25, -0.2) is 4.79 Å². The van der Waals surface area contributed by atoms with Crippen LogP contribution < -0.4 is 15.0 Å². The summed E-state index contributed by atoms with van der Waals surface area (Å²) >= 11 is 0. The maximum absolute atomic E-state index is 13.0. The monoisotopic (exact) mass is 442 g/mol. The summed E-state index contributed by atoms with van der Waals surface area (Å²) in [7, 11) is 0. The Hall–Kier alpha value is -3.69. The first kappa shape index (κ1) is 21.5. The molecule has 0 bridgehead atoms. The van der Waals surface area contributed by atoms with Crippen molar-refractivity contribution in [1.82, 2.24) is 5.32 Å². The van der Waals surface area contributed by atoms with Crippen molar-refractivity contribution in [2.75, 3.05) is 18.1 Å². The molecule has 2 amide bonds. The molecule has 0 aromatic heterocycles. The lowest BCUT2D eigenvalue weighted by molar-refractivity contribution is -0.119. The van der Waals surface area contributed by atoms with Crippen molar-refractivity contribution in [3.05, 3.63) is 35.6 Å². The Balaban J connectivity index is 1.54. The average molecular weight is 442 g/mol. The highest BCUT2D eigenvalue weighted by molar-refractivity contribution is 6.47. The van der Waals surface area contributed by atoms with Crippen molar-refractivity contribution in [2.24, 2.45) is 5.92 Å². The van der Waals surface area contributed by atoms with Gasteiger partial charge in [0.05, 0.1) is 42.4 Å². The van der Waals surface area contributed by atoms with E-state index in [1.165, 1.54) is 24.8 Å². The predicted molar refractivity (Wildman–Crippen MR) is 113 cm³/mol. The van der Waals surface area contributed by atoms with E-state index in [2.05, 4.69) is 5.32 Å². The van der Waals surface area contributed by atoms with Crippen LogP contribution in [-0.4, -0.2) is 59.2 Å². The minimum absolute atomic E-state index is 0.0531. The average Bonchev–Trinajstić information content (AvgIpc) is 3.29. The zero-order valence-electron chi connectivity index (χ0n) is 17.7. The van der Waals surface area contributed by atoms with Gasteiger partial charge in [-0.05, 0) is 18.6 Å². The Morgan fingerprint density at radius 2 is 2.06 bits per heavy atom. The molecule has 1 saturated carbocycles. The summed E-state index contributed by atoms with van der Waals surface area (Å²) < 4.78 is 11.2. The van der Waals surface area contributed by atoms with Crippen molar-refractivity contribution in [1.29, 1.82) is 5.41 Å². The van der Waals surface area contributed by atoms with E-state index in [0.29, 0.717) is 12.1 Å². The number of fused-ring (bicyclic) bond motifs is 1. The molecule has 168 valence electrons. The van der Waals surface area contributed by atoms with E-state index in [0.717, 1.165) is 6.08 Å². The molecule has 1 aromatic rings. The van der Waals surface area contributed by atoms with Gasteiger partial charge >= 0.3 is 6.09 Å². The number of amides is 2. The SMILES string of the molecule is CC(=O)NC1CC12CN(c1ccc3c(c1)OCCC(C(=O)C(=N)/C=C(/C)[OH2+])C3=O)C(=O)O2. The summed E-state index contributed by atoms with van der Waals surface area (Å²) in [5.41, 5.74) is -0.446. The summed E-state index contributed by atoms with van der Waals surface area (Å²) in [4.78, 5) is 50.8. The zero-order chi connectivity index (χ0) is 23.2. The number of nitrogens with zero attached hydrogens (tertiary/aromatic N) is 1. The van der Waals surface area contributed by atoms with Crippen LogP contribution in [0.15, 0.2) is 30.0 Å². The van der Waals surface area contributed by atoms with E-state index in [1.807, 2.05) is 0 Å². The molecule has 1 spiro atoms. The predicted octanol–water partition coefficient (Wildman–Crippen LogP) is 1.09. The Bertz CT molecular complexity index is 1080. The molecule has 10 nitrogen and oxygen atoms in total. The van der Waals surface area contributed by atoms with Gasteiger partial charge in [0.15, 0.2) is 17.2 Å². The van der Waals surface area contributed by atoms with E-state index in [4.69, 9.17) is 20.0 Å². The normalized spacial score (nSPS) is 26.7. The van der Waals surface area contributed by atoms with Crippen LogP contribution in [0.25, 0.3) is 0 Å². The number of benzene rings is 1. The van der Waals surface area contributed by atoms with Crippen molar-refractivity contribution in [3.63, 3.8) is 0 Å². The highest BCUT2D eigenvalue weighted by Crippen LogP contribution is 2.46. The Morgan fingerprint density at radius 1 is 1.31 bits per heavy atom. The van der Waals surface area contributed by atoms with E-state index in [9.17, 15) is 19.2 Å². The van der Waals surface area contributed by atoms with Gasteiger partial charge in [-0.1, -0.05) is 0 Å². The molecular formula is C22H24N3O7+. The fourth-order valence-electron chi connectivity index (χ4n) is 4.13. The second-order valence-corrected chi connectivity index (χ2v) is 8.32. The second kappa shape index (κ2) is 7.77. The van der Waals surface area contributed by atoms with Crippen molar-refractivity contribution in [2.45, 2.75) is 38.3 Å². The topological polar surface area (TPSA) is 149 Å². The third-order valence-electron chi connectivity index (χ3n) is 5.80. The highest BCUT2D eigenvalue weighted by atomic mass is 16.6. The standard InChI is InChI=1S/C22H23N3O7/c1-11(26)7-16(23)20(29)15-5-6-31-17-8-13(3-4-14(17)19(15)28)25-10-22(32-21(25)30)9-18(22)24-12(2)27/h3-4,7-8,15,18,23,26H,5-6,9-10H2,1-2H3,(H,24,27)/p+1/b11-7-,23-16?. The van der Waals surface area contributed by atoms with Crippen LogP contribution in [0, 0.1) is 11.3 Å². The van der Waals surface area contributed by atoms with E-state index < -0.39 is 29.2 Å². The number of carbonyl (C=O) groups is 4. The van der Waals surface area contributed by atoms with E-state index in [-0.39, 0.29) is 54.3 Å². The molecule has 2 fully saturated rings.